The van der Waals surface area contributed by atoms with Crippen molar-refractivity contribution < 1.29 is 0 Å². The van der Waals surface area contributed by atoms with Crippen LogP contribution in [0.2, 0.25) is 0 Å². The molecule has 1 saturated heterocycles. The van der Waals surface area contributed by atoms with Gasteiger partial charge in [0.2, 0.25) is 0 Å². The molecule has 0 spiro atoms. The molecule has 1 saturated carbocycles. The van der Waals surface area contributed by atoms with Gasteiger partial charge in [-0.15, -0.1) is 0 Å². The van der Waals surface area contributed by atoms with Crippen LogP contribution in [0.1, 0.15) is 80.1 Å². The molecule has 1 nitrogen and oxygen atoms in total. The maximum Gasteiger partial charge on any atom is 0.000969 e. The number of hydrogen-bond acceptors (Lipinski definition) is 1. The summed E-state index contributed by atoms with van der Waals surface area (Å²) in [4.78, 5) is 2.75. The van der Waals surface area contributed by atoms with Gasteiger partial charge in [-0.25, -0.2) is 0 Å². The molecule has 0 radical (unpaired) electrons. The number of rotatable bonds is 4. The van der Waals surface area contributed by atoms with Gasteiger partial charge in [-0.3, -0.25) is 0 Å². The van der Waals surface area contributed by atoms with Crippen LogP contribution in [0.5, 0.6) is 0 Å². The first kappa shape index (κ1) is 18.3. The maximum absolute atomic E-state index is 2.75. The molecule has 0 aromatic heterocycles. The zero-order valence-electron chi connectivity index (χ0n) is 16.2. The highest BCUT2D eigenvalue weighted by molar-refractivity contribution is 4.82. The molecular weight excluding hydrogens is 266 g/mol. The normalized spacial score (nSPS) is 36.3. The van der Waals surface area contributed by atoms with Crippen molar-refractivity contribution in [1.82, 2.24) is 4.90 Å². The van der Waals surface area contributed by atoms with Crippen molar-refractivity contribution >= 4 is 0 Å². The fourth-order valence-electron chi connectivity index (χ4n) is 4.86. The summed E-state index contributed by atoms with van der Waals surface area (Å²) >= 11 is 0. The first-order valence-corrected chi connectivity index (χ1v) is 9.98. The molecule has 3 atom stereocenters. The van der Waals surface area contributed by atoms with Gasteiger partial charge in [0.05, 0.1) is 0 Å². The van der Waals surface area contributed by atoms with Crippen LogP contribution in [0.3, 0.4) is 0 Å². The number of nitrogens with zero attached hydrogens (tertiary/aromatic N) is 1. The summed E-state index contributed by atoms with van der Waals surface area (Å²) in [5.41, 5.74) is 0.525. The molecule has 0 bridgehead atoms. The average molecular weight is 308 g/mol. The van der Waals surface area contributed by atoms with E-state index in [1.165, 1.54) is 58.2 Å². The maximum atomic E-state index is 2.75. The summed E-state index contributed by atoms with van der Waals surface area (Å²) in [5.74, 6) is 4.68. The van der Waals surface area contributed by atoms with Gasteiger partial charge in [0.15, 0.2) is 0 Å². The lowest BCUT2D eigenvalue weighted by Gasteiger charge is -2.39. The quantitative estimate of drug-likeness (QED) is 0.630. The van der Waals surface area contributed by atoms with Gasteiger partial charge >= 0.3 is 0 Å². The standard InChI is InChI=1S/C21H41N/c1-16(14-22-12-11-17(2)18(3)15-22)13-19-7-9-20(10-8-19)21(4,5)6/h16-20H,7-15H2,1-6H3. The van der Waals surface area contributed by atoms with Gasteiger partial charge in [0.1, 0.15) is 0 Å². The molecule has 0 N–H and O–H groups in total. The fourth-order valence-corrected chi connectivity index (χ4v) is 4.86. The van der Waals surface area contributed by atoms with E-state index in [0.717, 1.165) is 29.6 Å². The van der Waals surface area contributed by atoms with Gasteiger partial charge in [-0.2, -0.15) is 0 Å². The average Bonchev–Trinajstić information content (AvgIpc) is 2.42. The van der Waals surface area contributed by atoms with Crippen LogP contribution in [0.25, 0.3) is 0 Å². The SMILES string of the molecule is CC(CC1CCC(C(C)(C)C)CC1)CN1CCC(C)C(C)C1. The largest absolute Gasteiger partial charge is 0.303 e. The molecule has 0 aromatic rings. The number of likely N-dealkylation sites (tertiary alicyclic amines) is 1. The Morgan fingerprint density at radius 1 is 0.955 bits per heavy atom. The fraction of sp³-hybridized carbons (Fsp3) is 1.00. The van der Waals surface area contributed by atoms with Crippen molar-refractivity contribution in [1.29, 1.82) is 0 Å². The minimum absolute atomic E-state index is 0.525. The van der Waals surface area contributed by atoms with E-state index in [1.807, 2.05) is 0 Å². The molecule has 2 aliphatic rings. The molecule has 0 aromatic carbocycles. The molecule has 2 rings (SSSR count). The third kappa shape index (κ3) is 5.25. The van der Waals surface area contributed by atoms with Crippen LogP contribution >= 0.6 is 0 Å². The lowest BCUT2D eigenvalue weighted by atomic mass is 9.68. The monoisotopic (exact) mass is 307 g/mol. The van der Waals surface area contributed by atoms with E-state index in [9.17, 15) is 0 Å². The Labute approximate surface area is 140 Å². The van der Waals surface area contributed by atoms with E-state index in [2.05, 4.69) is 46.4 Å². The van der Waals surface area contributed by atoms with E-state index in [0.29, 0.717) is 5.41 Å². The van der Waals surface area contributed by atoms with Gasteiger partial charge in [-0.1, -0.05) is 54.4 Å². The van der Waals surface area contributed by atoms with Crippen LogP contribution in [0.15, 0.2) is 0 Å². The number of hydrogen-bond donors (Lipinski definition) is 0. The Bertz CT molecular complexity index is 321. The smallest absolute Gasteiger partial charge is 0.000969 e. The molecule has 1 heterocycles. The molecule has 0 amide bonds. The highest BCUT2D eigenvalue weighted by atomic mass is 15.1. The molecule has 130 valence electrons. The molecular formula is C21H41N. The summed E-state index contributed by atoms with van der Waals surface area (Å²) in [6, 6.07) is 0. The third-order valence-corrected chi connectivity index (χ3v) is 6.80. The second-order valence-electron chi connectivity index (χ2n) is 9.93. The molecule has 1 aliphatic carbocycles. The molecule has 1 aliphatic heterocycles. The van der Waals surface area contributed by atoms with E-state index in [1.54, 1.807) is 0 Å². The van der Waals surface area contributed by atoms with Crippen LogP contribution in [-0.2, 0) is 0 Å². The summed E-state index contributed by atoms with van der Waals surface area (Å²) in [6.45, 7) is 18.7. The third-order valence-electron chi connectivity index (χ3n) is 6.80. The topological polar surface area (TPSA) is 3.24 Å². The van der Waals surface area contributed by atoms with Crippen LogP contribution < -0.4 is 0 Å². The summed E-state index contributed by atoms with van der Waals surface area (Å²) in [5, 5.41) is 0. The summed E-state index contributed by atoms with van der Waals surface area (Å²) in [7, 11) is 0. The lowest BCUT2D eigenvalue weighted by molar-refractivity contribution is 0.105. The van der Waals surface area contributed by atoms with Crippen molar-refractivity contribution in [2.45, 2.75) is 80.1 Å². The van der Waals surface area contributed by atoms with E-state index >= 15 is 0 Å². The van der Waals surface area contributed by atoms with Crippen molar-refractivity contribution in [3.8, 4) is 0 Å². The van der Waals surface area contributed by atoms with Crippen LogP contribution in [-0.4, -0.2) is 24.5 Å². The van der Waals surface area contributed by atoms with E-state index < -0.39 is 0 Å². The predicted molar refractivity (Wildman–Crippen MR) is 98.1 cm³/mol. The van der Waals surface area contributed by atoms with Crippen molar-refractivity contribution in [3.05, 3.63) is 0 Å². The van der Waals surface area contributed by atoms with Crippen LogP contribution in [0, 0.1) is 35.0 Å². The highest BCUT2D eigenvalue weighted by Crippen LogP contribution is 2.41. The first-order valence-electron chi connectivity index (χ1n) is 9.98. The zero-order valence-corrected chi connectivity index (χ0v) is 16.2. The van der Waals surface area contributed by atoms with Gasteiger partial charge in [-0.05, 0) is 67.2 Å². The minimum Gasteiger partial charge on any atom is -0.303 e. The van der Waals surface area contributed by atoms with Gasteiger partial charge < -0.3 is 4.90 Å². The van der Waals surface area contributed by atoms with Gasteiger partial charge in [0, 0.05) is 13.1 Å². The highest BCUT2D eigenvalue weighted by Gasteiger charge is 2.30. The van der Waals surface area contributed by atoms with Crippen LogP contribution in [0.4, 0.5) is 0 Å². The minimum atomic E-state index is 0.525. The molecule has 1 heteroatoms. The Morgan fingerprint density at radius 2 is 1.59 bits per heavy atom. The predicted octanol–water partition coefficient (Wildman–Crippen LogP) is 5.84. The van der Waals surface area contributed by atoms with E-state index in [-0.39, 0.29) is 0 Å². The van der Waals surface area contributed by atoms with E-state index in [4.69, 9.17) is 0 Å². The second kappa shape index (κ2) is 7.69. The van der Waals surface area contributed by atoms with Crippen molar-refractivity contribution in [2.24, 2.45) is 35.0 Å². The Balaban J connectivity index is 1.69. The Morgan fingerprint density at radius 3 is 2.14 bits per heavy atom. The lowest BCUT2D eigenvalue weighted by Crippen LogP contribution is -2.40. The Hall–Kier alpha value is -0.0400. The second-order valence-corrected chi connectivity index (χ2v) is 9.93. The summed E-state index contributed by atoms with van der Waals surface area (Å²) < 4.78 is 0. The summed E-state index contributed by atoms with van der Waals surface area (Å²) in [6.07, 6.45) is 8.79. The zero-order chi connectivity index (χ0) is 16.3. The van der Waals surface area contributed by atoms with Crippen molar-refractivity contribution in [3.63, 3.8) is 0 Å². The number of piperidine rings is 1. The Kier molecular flexibility index (Phi) is 6.39. The van der Waals surface area contributed by atoms with Gasteiger partial charge in [0.25, 0.3) is 0 Å². The molecule has 22 heavy (non-hydrogen) atoms. The van der Waals surface area contributed by atoms with Crippen molar-refractivity contribution in [2.75, 3.05) is 19.6 Å². The first-order chi connectivity index (χ1) is 10.3. The molecule has 3 unspecified atom stereocenters. The molecule has 2 fully saturated rings.